The molecule has 0 atom stereocenters. The topological polar surface area (TPSA) is 83.6 Å². The molecule has 0 rings (SSSR count). The van der Waals surface area contributed by atoms with Crippen LogP contribution >= 0.6 is 0 Å². The summed E-state index contributed by atoms with van der Waals surface area (Å²) in [5, 5.41) is 8.30. The minimum absolute atomic E-state index is 0.127. The zero-order chi connectivity index (χ0) is 6.73. The average molecular weight is 118 g/mol. The van der Waals surface area contributed by atoms with Crippen LogP contribution in [0.15, 0.2) is 0 Å². The molecule has 0 bridgehead atoms. The van der Waals surface area contributed by atoms with Crippen LogP contribution in [0, 0.1) is 0 Å². The van der Waals surface area contributed by atoms with E-state index in [2.05, 4.69) is 5.73 Å². The van der Waals surface area contributed by atoms with Gasteiger partial charge in [0.05, 0.1) is 0 Å². The number of nitrogens with zero attached hydrogens (tertiary/aromatic N) is 1. The third-order valence-corrected chi connectivity index (χ3v) is 0.505. The minimum Gasteiger partial charge on any atom is -0.361 e. The van der Waals surface area contributed by atoms with Crippen molar-refractivity contribution in [3.63, 3.8) is 0 Å². The summed E-state index contributed by atoms with van der Waals surface area (Å²) in [7, 11) is 1.02. The molecule has 0 aromatic heterocycles. The molecule has 0 radical (unpaired) electrons. The molecule has 0 heterocycles. The van der Waals surface area contributed by atoms with Crippen molar-refractivity contribution in [2.24, 2.45) is 5.73 Å². The normalized spacial score (nSPS) is 8.25. The van der Waals surface area contributed by atoms with Crippen LogP contribution in [0.3, 0.4) is 0 Å². The molecule has 8 heavy (non-hydrogen) atoms. The second-order valence-corrected chi connectivity index (χ2v) is 1.19. The number of likely N-dealkylation sites (N-methyl/N-ethyl adjacent to an activating group) is 1. The van der Waals surface area contributed by atoms with Gasteiger partial charge in [-0.15, -0.1) is 0 Å². The molecule has 5 nitrogen and oxygen atoms in total. The van der Waals surface area contributed by atoms with Gasteiger partial charge in [0, 0.05) is 7.05 Å². The largest absolute Gasteiger partial charge is 0.361 e. The number of nitrogens with two attached hydrogens (primary N) is 1. The van der Waals surface area contributed by atoms with E-state index >= 15 is 0 Å². The van der Waals surface area contributed by atoms with Gasteiger partial charge in [0.15, 0.2) is 0 Å². The van der Waals surface area contributed by atoms with Crippen LogP contribution in [0.1, 0.15) is 0 Å². The van der Waals surface area contributed by atoms with Gasteiger partial charge in [-0.05, 0) is 0 Å². The van der Waals surface area contributed by atoms with Crippen LogP contribution in [0.25, 0.3) is 0 Å². The van der Waals surface area contributed by atoms with E-state index in [0.29, 0.717) is 0 Å². The Morgan fingerprint density at radius 2 is 2.00 bits per heavy atom. The molecule has 5 heteroatoms. The van der Waals surface area contributed by atoms with Crippen LogP contribution in [0.4, 0.5) is 0 Å². The summed E-state index contributed by atoms with van der Waals surface area (Å²) in [4.78, 5) is 19.9. The number of amides is 2. The summed E-state index contributed by atoms with van der Waals surface area (Å²) in [5.41, 5.74) is 4.45. The highest BCUT2D eigenvalue weighted by Gasteiger charge is 2.10. The lowest BCUT2D eigenvalue weighted by Crippen LogP contribution is -2.35. The van der Waals surface area contributed by atoms with Crippen molar-refractivity contribution in [1.82, 2.24) is 5.06 Å². The molecule has 0 saturated carbocycles. The highest BCUT2D eigenvalue weighted by atomic mass is 16.5. The van der Waals surface area contributed by atoms with Crippen molar-refractivity contribution in [3.05, 3.63) is 0 Å². The van der Waals surface area contributed by atoms with Gasteiger partial charge in [0.25, 0.3) is 0 Å². The maximum atomic E-state index is 10.0. The Labute approximate surface area is 45.6 Å². The quantitative estimate of drug-likeness (QED) is 0.226. The van der Waals surface area contributed by atoms with Crippen molar-refractivity contribution >= 4 is 11.8 Å². The summed E-state index contributed by atoms with van der Waals surface area (Å²) >= 11 is 0. The third-order valence-electron chi connectivity index (χ3n) is 0.505. The lowest BCUT2D eigenvalue weighted by molar-refractivity contribution is -0.164. The fourth-order valence-electron chi connectivity index (χ4n) is 0.159. The van der Waals surface area contributed by atoms with Crippen molar-refractivity contribution < 1.29 is 14.8 Å². The van der Waals surface area contributed by atoms with Crippen LogP contribution in [0.5, 0.6) is 0 Å². The SMILES string of the molecule is CN(O)C(=O)C(N)=O. The zero-order valence-electron chi connectivity index (χ0n) is 4.29. The van der Waals surface area contributed by atoms with Gasteiger partial charge in [0.2, 0.25) is 0 Å². The molecule has 0 aliphatic rings. The third kappa shape index (κ3) is 1.57. The molecule has 0 spiro atoms. The van der Waals surface area contributed by atoms with Crippen molar-refractivity contribution in [2.45, 2.75) is 0 Å². The standard InChI is InChI=1S/C3H6N2O3/c1-5(8)3(7)2(4)6/h8H,1H3,(H2,4,6). The van der Waals surface area contributed by atoms with E-state index in [4.69, 9.17) is 5.21 Å². The second kappa shape index (κ2) is 2.27. The fraction of sp³-hybridized carbons (Fsp3) is 0.333. The lowest BCUT2D eigenvalue weighted by Gasteiger charge is -2.01. The molecule has 0 saturated heterocycles. The van der Waals surface area contributed by atoms with Crippen molar-refractivity contribution in [3.8, 4) is 0 Å². The molecular weight excluding hydrogens is 112 g/mol. The first-order chi connectivity index (χ1) is 3.55. The molecule has 0 fully saturated rings. The molecule has 0 aliphatic heterocycles. The number of rotatable bonds is 0. The van der Waals surface area contributed by atoms with Gasteiger partial charge in [-0.25, -0.2) is 5.06 Å². The number of primary amides is 1. The van der Waals surface area contributed by atoms with Gasteiger partial charge < -0.3 is 5.73 Å². The monoisotopic (exact) mass is 118 g/mol. The summed E-state index contributed by atoms with van der Waals surface area (Å²) < 4.78 is 0. The average Bonchev–Trinajstić information content (AvgIpc) is 1.64. The zero-order valence-corrected chi connectivity index (χ0v) is 4.29. The maximum absolute atomic E-state index is 10.0. The van der Waals surface area contributed by atoms with Crippen LogP contribution in [-0.2, 0) is 9.59 Å². The first-order valence-corrected chi connectivity index (χ1v) is 1.82. The van der Waals surface area contributed by atoms with Crippen LogP contribution in [0.2, 0.25) is 0 Å². The summed E-state index contributed by atoms with van der Waals surface area (Å²) in [6, 6.07) is 0. The Hall–Kier alpha value is -1.10. The minimum atomic E-state index is -1.17. The van der Waals surface area contributed by atoms with E-state index in [0.717, 1.165) is 7.05 Å². The van der Waals surface area contributed by atoms with Gasteiger partial charge in [-0.1, -0.05) is 0 Å². The summed E-state index contributed by atoms with van der Waals surface area (Å²) in [6.45, 7) is 0. The Kier molecular flexibility index (Phi) is 1.96. The van der Waals surface area contributed by atoms with E-state index in [1.165, 1.54) is 0 Å². The first kappa shape index (κ1) is 6.90. The predicted molar refractivity (Wildman–Crippen MR) is 23.8 cm³/mol. The Bertz CT molecular complexity index is 120. The maximum Gasteiger partial charge on any atom is 0.334 e. The van der Waals surface area contributed by atoms with E-state index in [9.17, 15) is 9.59 Å². The fourth-order valence-corrected chi connectivity index (χ4v) is 0.159. The molecule has 46 valence electrons. The van der Waals surface area contributed by atoms with Crippen molar-refractivity contribution in [2.75, 3.05) is 7.05 Å². The molecular formula is C3H6N2O3. The first-order valence-electron chi connectivity index (χ1n) is 1.82. The molecule has 3 N–H and O–H groups in total. The molecule has 0 aromatic rings. The van der Waals surface area contributed by atoms with Crippen LogP contribution < -0.4 is 5.73 Å². The number of carbonyl (C=O) groups is 2. The Morgan fingerprint density at radius 3 is 2.00 bits per heavy atom. The number of hydrogen-bond donors (Lipinski definition) is 2. The van der Waals surface area contributed by atoms with Crippen molar-refractivity contribution in [1.29, 1.82) is 0 Å². The number of hydroxylamine groups is 2. The molecule has 0 aliphatic carbocycles. The van der Waals surface area contributed by atoms with Crippen LogP contribution in [-0.4, -0.2) is 29.1 Å². The highest BCUT2D eigenvalue weighted by molar-refractivity contribution is 6.33. The lowest BCUT2D eigenvalue weighted by atomic mass is 10.6. The van der Waals surface area contributed by atoms with E-state index in [1.54, 1.807) is 0 Å². The molecule has 2 amide bonds. The van der Waals surface area contributed by atoms with E-state index in [1.807, 2.05) is 0 Å². The van der Waals surface area contributed by atoms with E-state index in [-0.39, 0.29) is 5.06 Å². The second-order valence-electron chi connectivity index (χ2n) is 1.19. The van der Waals surface area contributed by atoms with Gasteiger partial charge in [-0.2, -0.15) is 0 Å². The van der Waals surface area contributed by atoms with Gasteiger partial charge in [0.1, 0.15) is 0 Å². The Balaban J connectivity index is 3.84. The van der Waals surface area contributed by atoms with E-state index < -0.39 is 11.8 Å². The smallest absolute Gasteiger partial charge is 0.334 e. The summed E-state index contributed by atoms with van der Waals surface area (Å²) in [5.74, 6) is -2.29. The number of hydrogen-bond acceptors (Lipinski definition) is 3. The van der Waals surface area contributed by atoms with Gasteiger partial charge >= 0.3 is 11.8 Å². The van der Waals surface area contributed by atoms with Gasteiger partial charge in [-0.3, -0.25) is 14.8 Å². The Morgan fingerprint density at radius 1 is 1.62 bits per heavy atom. The highest BCUT2D eigenvalue weighted by Crippen LogP contribution is 1.72. The molecule has 0 aromatic carbocycles. The number of carbonyl (C=O) groups excluding carboxylic acids is 2. The summed E-state index contributed by atoms with van der Waals surface area (Å²) in [6.07, 6.45) is 0. The predicted octanol–water partition coefficient (Wildman–Crippen LogP) is -1.68. The molecule has 0 unspecified atom stereocenters.